The third kappa shape index (κ3) is 1.82. The van der Waals surface area contributed by atoms with Crippen LogP contribution in [0.25, 0.3) is 0 Å². The van der Waals surface area contributed by atoms with Crippen molar-refractivity contribution >= 4 is 5.84 Å². The number of nitrogens with two attached hydrogens (primary N) is 1. The van der Waals surface area contributed by atoms with Gasteiger partial charge in [-0.25, -0.2) is 0 Å². The average Bonchev–Trinajstić information content (AvgIpc) is 1.69. The molecule has 0 fully saturated rings. The predicted octanol–water partition coefficient (Wildman–Crippen LogP) is 0.230. The van der Waals surface area contributed by atoms with Crippen molar-refractivity contribution in [3.05, 3.63) is 0 Å². The summed E-state index contributed by atoms with van der Waals surface area (Å²) in [6.45, 7) is 2.02. The third-order valence-electron chi connectivity index (χ3n) is 0.981. The Balaban J connectivity index is 3.72. The predicted molar refractivity (Wildman–Crippen MR) is 35.6 cm³/mol. The van der Waals surface area contributed by atoms with E-state index in [1.807, 2.05) is 25.9 Å². The Morgan fingerprint density at radius 3 is 2.12 bits per heavy atom. The highest BCUT2D eigenvalue weighted by Gasteiger charge is 1.93. The lowest BCUT2D eigenvalue weighted by atomic mass is 10.4. The average molecular weight is 115 g/mol. The lowest BCUT2D eigenvalue weighted by Crippen LogP contribution is -2.22. The van der Waals surface area contributed by atoms with E-state index in [0.717, 1.165) is 12.3 Å². The molecule has 0 unspecified atom stereocenters. The first-order valence-electron chi connectivity index (χ1n) is 2.66. The van der Waals surface area contributed by atoms with E-state index in [1.165, 1.54) is 0 Å². The monoisotopic (exact) mass is 115 g/mol. The highest BCUT2D eigenvalue weighted by Crippen LogP contribution is 1.85. The van der Waals surface area contributed by atoms with Gasteiger partial charge in [-0.05, 0) is 0 Å². The zero-order chi connectivity index (χ0) is 6.57. The second kappa shape index (κ2) is 3.29. The minimum absolute atomic E-state index is 0.892. The number of rotatable bonds is 1. The Hall–Kier alpha value is -0.730. The molecule has 0 heterocycles. The van der Waals surface area contributed by atoms with Crippen LogP contribution in [0.3, 0.4) is 0 Å². The molecule has 0 aliphatic heterocycles. The summed E-state index contributed by atoms with van der Waals surface area (Å²) in [7, 11) is 3.85. The van der Waals surface area contributed by atoms with Crippen LogP contribution in [0.5, 0.6) is 0 Å². The molecule has 2 N–H and O–H groups in total. The molecule has 0 aliphatic rings. The quantitative estimate of drug-likeness (QED) is 0.230. The topological polar surface area (TPSA) is 41.6 Å². The van der Waals surface area contributed by atoms with Gasteiger partial charge >= 0.3 is 0 Å². The van der Waals surface area contributed by atoms with Crippen LogP contribution in [-0.2, 0) is 0 Å². The van der Waals surface area contributed by atoms with Gasteiger partial charge in [0.1, 0.15) is 5.84 Å². The minimum atomic E-state index is 0.892. The number of amidine groups is 1. The van der Waals surface area contributed by atoms with E-state index in [9.17, 15) is 0 Å². The molecule has 0 spiro atoms. The molecule has 0 aromatic carbocycles. The maximum absolute atomic E-state index is 5.03. The zero-order valence-corrected chi connectivity index (χ0v) is 5.68. The van der Waals surface area contributed by atoms with Crippen LogP contribution in [-0.4, -0.2) is 24.8 Å². The molecule has 0 radical (unpaired) electrons. The van der Waals surface area contributed by atoms with Gasteiger partial charge in [-0.3, -0.25) is 0 Å². The van der Waals surface area contributed by atoms with Crippen molar-refractivity contribution in [2.24, 2.45) is 10.9 Å². The molecule has 0 bridgehead atoms. The Morgan fingerprint density at radius 1 is 1.62 bits per heavy atom. The third-order valence-corrected chi connectivity index (χ3v) is 0.981. The summed E-state index contributed by atoms with van der Waals surface area (Å²) in [5.41, 5.74) is 0. The van der Waals surface area contributed by atoms with Crippen molar-refractivity contribution < 1.29 is 0 Å². The highest BCUT2D eigenvalue weighted by atomic mass is 15.2. The molecule has 0 aromatic rings. The number of hydrazone groups is 1. The van der Waals surface area contributed by atoms with Crippen molar-refractivity contribution in [2.45, 2.75) is 13.3 Å². The van der Waals surface area contributed by atoms with E-state index >= 15 is 0 Å². The summed E-state index contributed by atoms with van der Waals surface area (Å²) in [5, 5.41) is 3.55. The van der Waals surface area contributed by atoms with Crippen LogP contribution in [0.1, 0.15) is 13.3 Å². The molecular weight excluding hydrogens is 102 g/mol. The summed E-state index contributed by atoms with van der Waals surface area (Å²) in [5.74, 6) is 5.95. The van der Waals surface area contributed by atoms with Crippen LogP contribution in [0.2, 0.25) is 0 Å². The van der Waals surface area contributed by atoms with Crippen LogP contribution in [0.4, 0.5) is 0 Å². The molecule has 0 aliphatic carbocycles. The van der Waals surface area contributed by atoms with Crippen molar-refractivity contribution in [2.75, 3.05) is 14.1 Å². The SMILES string of the molecule is CC/C(=N\N)N(C)C. The van der Waals surface area contributed by atoms with Gasteiger partial charge in [0.05, 0.1) is 0 Å². The first kappa shape index (κ1) is 7.27. The molecule has 3 nitrogen and oxygen atoms in total. The molecule has 8 heavy (non-hydrogen) atoms. The van der Waals surface area contributed by atoms with E-state index in [4.69, 9.17) is 5.84 Å². The van der Waals surface area contributed by atoms with Crippen molar-refractivity contribution in [3.63, 3.8) is 0 Å². The van der Waals surface area contributed by atoms with E-state index in [2.05, 4.69) is 5.10 Å². The standard InChI is InChI=1S/C5H13N3/c1-4-5(7-6)8(2)3/h4,6H2,1-3H3/b7-5+. The fourth-order valence-electron chi connectivity index (χ4n) is 0.523. The number of nitrogens with zero attached hydrogens (tertiary/aromatic N) is 2. The molecule has 0 aromatic heterocycles. The highest BCUT2D eigenvalue weighted by molar-refractivity contribution is 5.81. The van der Waals surface area contributed by atoms with Gasteiger partial charge in [0.15, 0.2) is 0 Å². The normalized spacial score (nSPS) is 11.6. The Kier molecular flexibility index (Phi) is 2.99. The fourth-order valence-corrected chi connectivity index (χ4v) is 0.523. The summed E-state index contributed by atoms with van der Waals surface area (Å²) in [6.07, 6.45) is 0.892. The second-order valence-corrected chi connectivity index (χ2v) is 1.79. The van der Waals surface area contributed by atoms with Gasteiger partial charge in [-0.1, -0.05) is 6.92 Å². The van der Waals surface area contributed by atoms with Gasteiger partial charge in [-0.2, -0.15) is 5.10 Å². The fraction of sp³-hybridized carbons (Fsp3) is 0.800. The lowest BCUT2D eigenvalue weighted by Gasteiger charge is -2.11. The van der Waals surface area contributed by atoms with Crippen LogP contribution in [0.15, 0.2) is 5.10 Å². The molecule has 0 saturated carbocycles. The summed E-state index contributed by atoms with van der Waals surface area (Å²) < 4.78 is 0. The van der Waals surface area contributed by atoms with Gasteiger partial charge in [-0.15, -0.1) is 0 Å². The molecule has 48 valence electrons. The Morgan fingerprint density at radius 2 is 2.12 bits per heavy atom. The Labute approximate surface area is 50.2 Å². The first-order valence-corrected chi connectivity index (χ1v) is 2.66. The van der Waals surface area contributed by atoms with E-state index in [1.54, 1.807) is 0 Å². The summed E-state index contributed by atoms with van der Waals surface area (Å²) in [6, 6.07) is 0. The summed E-state index contributed by atoms with van der Waals surface area (Å²) >= 11 is 0. The van der Waals surface area contributed by atoms with Crippen molar-refractivity contribution in [1.29, 1.82) is 0 Å². The van der Waals surface area contributed by atoms with Crippen molar-refractivity contribution in [3.8, 4) is 0 Å². The number of hydrogen-bond donors (Lipinski definition) is 1. The maximum Gasteiger partial charge on any atom is 0.123 e. The molecule has 0 saturated heterocycles. The molecule has 3 heteroatoms. The minimum Gasteiger partial charge on any atom is -0.365 e. The van der Waals surface area contributed by atoms with E-state index < -0.39 is 0 Å². The van der Waals surface area contributed by atoms with Crippen LogP contribution >= 0.6 is 0 Å². The Bertz CT molecular complexity index is 85.7. The smallest absolute Gasteiger partial charge is 0.123 e. The van der Waals surface area contributed by atoms with Crippen LogP contribution in [0, 0.1) is 0 Å². The molecule has 0 amide bonds. The zero-order valence-electron chi connectivity index (χ0n) is 5.68. The lowest BCUT2D eigenvalue weighted by molar-refractivity contribution is 0.604. The number of hydrogen-bond acceptors (Lipinski definition) is 2. The molecule has 0 atom stereocenters. The van der Waals surface area contributed by atoms with Gasteiger partial charge in [0, 0.05) is 20.5 Å². The van der Waals surface area contributed by atoms with Gasteiger partial charge in [0.25, 0.3) is 0 Å². The van der Waals surface area contributed by atoms with E-state index in [-0.39, 0.29) is 0 Å². The van der Waals surface area contributed by atoms with Crippen molar-refractivity contribution in [1.82, 2.24) is 4.90 Å². The van der Waals surface area contributed by atoms with E-state index in [0.29, 0.717) is 0 Å². The second-order valence-electron chi connectivity index (χ2n) is 1.79. The summed E-state index contributed by atoms with van der Waals surface area (Å²) in [4.78, 5) is 1.90. The molecule has 0 rings (SSSR count). The maximum atomic E-state index is 5.03. The first-order chi connectivity index (χ1) is 3.72. The van der Waals surface area contributed by atoms with Crippen LogP contribution < -0.4 is 5.84 Å². The largest absolute Gasteiger partial charge is 0.365 e. The van der Waals surface area contributed by atoms with Gasteiger partial charge < -0.3 is 10.7 Å². The molecular formula is C5H13N3. The van der Waals surface area contributed by atoms with Gasteiger partial charge in [0.2, 0.25) is 0 Å².